The van der Waals surface area contributed by atoms with Crippen molar-refractivity contribution in [3.05, 3.63) is 58.5 Å². The van der Waals surface area contributed by atoms with Gasteiger partial charge in [0.15, 0.2) is 0 Å². The van der Waals surface area contributed by atoms with E-state index < -0.39 is 36.1 Å². The summed E-state index contributed by atoms with van der Waals surface area (Å²) >= 11 is 0. The number of aromatic hydroxyl groups is 1. The third-order valence-electron chi connectivity index (χ3n) is 7.45. The van der Waals surface area contributed by atoms with E-state index in [9.17, 15) is 20.1 Å². The predicted octanol–water partition coefficient (Wildman–Crippen LogP) is 3.58. The fraction of sp³-hybridized carbons (Fsp3) is 0.345. The number of aliphatic hydroxyl groups is 2. The first-order chi connectivity index (χ1) is 18.1. The molecule has 200 valence electrons. The summed E-state index contributed by atoms with van der Waals surface area (Å²) in [6.07, 6.45) is -1.98. The number of phenols is 1. The van der Waals surface area contributed by atoms with Crippen LogP contribution >= 0.6 is 0 Å². The summed E-state index contributed by atoms with van der Waals surface area (Å²) in [4.78, 5) is 15.1. The molecule has 5 atom stereocenters. The third-order valence-corrected chi connectivity index (χ3v) is 7.45. The van der Waals surface area contributed by atoms with Gasteiger partial charge in [0.05, 0.1) is 43.2 Å². The Morgan fingerprint density at radius 1 is 0.974 bits per heavy atom. The number of nitrogens with zero attached hydrogens (tertiary/aromatic N) is 1. The molecule has 0 bridgehead atoms. The van der Waals surface area contributed by atoms with Gasteiger partial charge in [0.1, 0.15) is 35.0 Å². The zero-order valence-corrected chi connectivity index (χ0v) is 21.9. The Morgan fingerprint density at radius 3 is 2.29 bits per heavy atom. The van der Waals surface area contributed by atoms with Gasteiger partial charge >= 0.3 is 5.63 Å². The Hall–Kier alpha value is -3.63. The van der Waals surface area contributed by atoms with Gasteiger partial charge in [0.2, 0.25) is 0 Å². The van der Waals surface area contributed by atoms with Crippen molar-refractivity contribution in [2.45, 2.75) is 37.4 Å². The smallest absolute Gasteiger partial charge is 0.344 e. The number of rotatable bonds is 5. The van der Waals surface area contributed by atoms with Crippen molar-refractivity contribution in [1.82, 2.24) is 4.90 Å². The molecule has 0 saturated carbocycles. The minimum atomic E-state index is -1.14. The molecule has 0 aliphatic carbocycles. The van der Waals surface area contributed by atoms with E-state index in [0.29, 0.717) is 49.6 Å². The lowest BCUT2D eigenvalue weighted by Crippen LogP contribution is -2.58. The summed E-state index contributed by atoms with van der Waals surface area (Å²) in [5, 5.41) is 35.1. The van der Waals surface area contributed by atoms with Crippen LogP contribution in [0.2, 0.25) is 0 Å². The molecule has 1 aliphatic heterocycles. The van der Waals surface area contributed by atoms with Crippen molar-refractivity contribution in [1.29, 1.82) is 0 Å². The van der Waals surface area contributed by atoms with Crippen molar-refractivity contribution in [2.75, 3.05) is 28.3 Å². The molecule has 0 amide bonds. The predicted molar refractivity (Wildman–Crippen MR) is 145 cm³/mol. The van der Waals surface area contributed by atoms with Gasteiger partial charge < -0.3 is 38.8 Å². The zero-order valence-electron chi connectivity index (χ0n) is 21.9. The lowest BCUT2D eigenvalue weighted by Gasteiger charge is -2.45. The molecule has 0 spiro atoms. The van der Waals surface area contributed by atoms with Crippen LogP contribution in [0.15, 0.2) is 46.1 Å². The number of benzene rings is 3. The molecule has 4 aromatic rings. The second-order valence-corrected chi connectivity index (χ2v) is 9.82. The van der Waals surface area contributed by atoms with Crippen LogP contribution in [0.5, 0.6) is 17.2 Å². The molecule has 5 rings (SSSR count). The number of methoxy groups -OCH3 is 2. The van der Waals surface area contributed by atoms with Crippen molar-refractivity contribution in [3.63, 3.8) is 0 Å². The van der Waals surface area contributed by atoms with Gasteiger partial charge in [-0.1, -0.05) is 18.7 Å². The Labute approximate surface area is 219 Å². The molecule has 9 heteroatoms. The second-order valence-electron chi connectivity index (χ2n) is 9.82. The average Bonchev–Trinajstić information content (AvgIpc) is 2.90. The zero-order chi connectivity index (χ0) is 27.5. The summed E-state index contributed by atoms with van der Waals surface area (Å²) < 4.78 is 23.4. The largest absolute Gasteiger partial charge is 0.507 e. The molecule has 1 saturated heterocycles. The molecule has 3 aromatic carbocycles. The highest BCUT2D eigenvalue weighted by Crippen LogP contribution is 2.47. The molecular weight excluding hydrogens is 490 g/mol. The molecule has 9 nitrogen and oxygen atoms in total. The molecule has 3 N–H and O–H groups in total. The number of phenolic OH excluding ortho intramolecular Hbond substituents is 1. The van der Waals surface area contributed by atoms with Crippen molar-refractivity contribution < 1.29 is 33.9 Å². The van der Waals surface area contributed by atoms with Gasteiger partial charge in [0, 0.05) is 16.2 Å². The van der Waals surface area contributed by atoms with Crippen LogP contribution in [-0.4, -0.2) is 72.9 Å². The first-order valence-corrected chi connectivity index (χ1v) is 12.2. The monoisotopic (exact) mass is 521 g/mol. The van der Waals surface area contributed by atoms with Crippen molar-refractivity contribution >= 4 is 38.6 Å². The lowest BCUT2D eigenvalue weighted by molar-refractivity contribution is -0.197. The molecule has 1 fully saturated rings. The quantitative estimate of drug-likeness (QED) is 0.267. The van der Waals surface area contributed by atoms with E-state index in [-0.39, 0.29) is 11.3 Å². The fourth-order valence-electron chi connectivity index (χ4n) is 5.62. The fourth-order valence-corrected chi connectivity index (χ4v) is 5.62. The number of hydrogen-bond donors (Lipinski definition) is 3. The second kappa shape index (κ2) is 9.59. The summed E-state index contributed by atoms with van der Waals surface area (Å²) in [7, 11) is 6.54. The van der Waals surface area contributed by atoms with Gasteiger partial charge in [-0.25, -0.2) is 4.79 Å². The van der Waals surface area contributed by atoms with E-state index in [4.69, 9.17) is 18.6 Å². The van der Waals surface area contributed by atoms with Crippen LogP contribution in [0.3, 0.4) is 0 Å². The van der Waals surface area contributed by atoms with Crippen LogP contribution in [0.1, 0.15) is 24.2 Å². The first-order valence-electron chi connectivity index (χ1n) is 12.2. The van der Waals surface area contributed by atoms with Gasteiger partial charge in [-0.2, -0.15) is 0 Å². The highest BCUT2D eigenvalue weighted by Gasteiger charge is 2.45. The molecule has 1 aromatic heterocycles. The van der Waals surface area contributed by atoms with Crippen molar-refractivity contribution in [3.8, 4) is 17.2 Å². The van der Waals surface area contributed by atoms with Gasteiger partial charge in [0.25, 0.3) is 0 Å². The molecule has 2 heterocycles. The SMILES string of the molecule is C=Cc1cc(OC)c2c(c1)c(=O)oc1c2cc(OC)c2c(O)ccc([C@@H]3O[C@@H](C)[C@H](O)[C@H](N(C)C)[C@@H]3O)c21. The number of aliphatic hydroxyl groups excluding tert-OH is 2. The maximum Gasteiger partial charge on any atom is 0.344 e. The number of hydrogen-bond acceptors (Lipinski definition) is 9. The van der Waals surface area contributed by atoms with E-state index in [1.165, 1.54) is 20.3 Å². The summed E-state index contributed by atoms with van der Waals surface area (Å²) in [6, 6.07) is 7.62. The lowest BCUT2D eigenvalue weighted by atomic mass is 9.86. The maximum atomic E-state index is 13.3. The number of ether oxygens (including phenoxy) is 3. The van der Waals surface area contributed by atoms with Gasteiger partial charge in [-0.05, 0) is 56.4 Å². The normalized spacial score (nSPS) is 23.8. The standard InChI is InChI=1S/C29H31NO8/c1-7-14-10-17-21(19(11-14)35-5)16-12-20(36-6)23-18(31)9-8-15(22(23)27(16)38-29(17)34)28-26(33)24(30(3)4)25(32)13(2)37-28/h7-13,24-26,28,31-33H,1H2,2-6H3/t13-,24-,25-,26-,28-/m0/s1. The van der Waals surface area contributed by atoms with Crippen LogP contribution in [0.25, 0.3) is 38.6 Å². The van der Waals surface area contributed by atoms with Crippen LogP contribution in [-0.2, 0) is 4.74 Å². The van der Waals surface area contributed by atoms with Crippen LogP contribution < -0.4 is 15.1 Å². The minimum absolute atomic E-state index is 0.0956. The van der Waals surface area contributed by atoms with Crippen LogP contribution in [0, 0.1) is 0 Å². The Bertz CT molecular complexity index is 1630. The molecule has 38 heavy (non-hydrogen) atoms. The van der Waals surface area contributed by atoms with Crippen LogP contribution in [0.4, 0.5) is 0 Å². The van der Waals surface area contributed by atoms with Gasteiger partial charge in [-0.15, -0.1) is 0 Å². The van der Waals surface area contributed by atoms with E-state index in [1.54, 1.807) is 56.3 Å². The third kappa shape index (κ3) is 3.82. The summed E-state index contributed by atoms with van der Waals surface area (Å²) in [5.41, 5.74) is 0.747. The minimum Gasteiger partial charge on any atom is -0.507 e. The van der Waals surface area contributed by atoms with Gasteiger partial charge in [-0.3, -0.25) is 0 Å². The molecular formula is C29H31NO8. The van der Waals surface area contributed by atoms with E-state index >= 15 is 0 Å². The first kappa shape index (κ1) is 26.0. The van der Waals surface area contributed by atoms with Crippen molar-refractivity contribution in [2.24, 2.45) is 0 Å². The average molecular weight is 522 g/mol. The summed E-state index contributed by atoms with van der Waals surface area (Å²) in [6.45, 7) is 5.52. The highest BCUT2D eigenvalue weighted by atomic mass is 16.5. The molecule has 1 aliphatic rings. The Kier molecular flexibility index (Phi) is 6.56. The Morgan fingerprint density at radius 2 is 1.66 bits per heavy atom. The number of fused-ring (bicyclic) bond motifs is 5. The summed E-state index contributed by atoms with van der Waals surface area (Å²) in [5.74, 6) is 0.679. The number of likely N-dealkylation sites (N-methyl/N-ethyl adjacent to an activating group) is 1. The highest BCUT2D eigenvalue weighted by molar-refractivity contribution is 6.19. The molecule has 0 radical (unpaired) electrons. The van der Waals surface area contributed by atoms with E-state index in [2.05, 4.69) is 6.58 Å². The topological polar surface area (TPSA) is 122 Å². The molecule has 0 unspecified atom stereocenters. The Balaban J connectivity index is 1.94. The maximum absolute atomic E-state index is 13.3. The van der Waals surface area contributed by atoms with E-state index in [0.717, 1.165) is 0 Å². The van der Waals surface area contributed by atoms with E-state index in [1.807, 2.05) is 0 Å².